The molecule has 0 saturated heterocycles. The molecule has 82 valence electrons. The van der Waals surface area contributed by atoms with Crippen molar-refractivity contribution in [2.75, 3.05) is 6.26 Å². The third-order valence-electron chi connectivity index (χ3n) is 2.78. The van der Waals surface area contributed by atoms with E-state index in [-0.39, 0.29) is 5.54 Å². The summed E-state index contributed by atoms with van der Waals surface area (Å²) in [4.78, 5) is 0.379. The Bertz CT molecular complexity index is 475. The zero-order valence-electron chi connectivity index (χ0n) is 8.73. The van der Waals surface area contributed by atoms with Crippen molar-refractivity contribution >= 4 is 9.84 Å². The van der Waals surface area contributed by atoms with Crippen LogP contribution >= 0.6 is 0 Å². The predicted molar refractivity (Wildman–Crippen MR) is 59.4 cm³/mol. The number of hydrogen-bond acceptors (Lipinski definition) is 3. The normalized spacial score (nSPS) is 18.8. The van der Waals surface area contributed by atoms with Gasteiger partial charge in [0.1, 0.15) is 0 Å². The maximum absolute atomic E-state index is 11.3. The fourth-order valence-corrected chi connectivity index (χ4v) is 2.32. The molecule has 2 N–H and O–H groups in total. The highest BCUT2D eigenvalue weighted by molar-refractivity contribution is 7.90. The van der Waals surface area contributed by atoms with Gasteiger partial charge in [-0.05, 0) is 37.0 Å². The summed E-state index contributed by atoms with van der Waals surface area (Å²) in [5, 5.41) is 0. The van der Waals surface area contributed by atoms with Crippen molar-refractivity contribution in [3.8, 4) is 0 Å². The largest absolute Gasteiger partial charge is 0.325 e. The van der Waals surface area contributed by atoms with Crippen molar-refractivity contribution < 1.29 is 8.42 Å². The zero-order valence-corrected chi connectivity index (χ0v) is 9.55. The SMILES string of the molecule is CS(=O)(=O)c1cccc(CC2(N)CC2)c1. The number of nitrogens with two attached hydrogens (primary N) is 1. The van der Waals surface area contributed by atoms with Crippen LogP contribution < -0.4 is 5.73 Å². The maximum Gasteiger partial charge on any atom is 0.175 e. The average molecular weight is 225 g/mol. The Labute approximate surface area is 90.2 Å². The molecule has 0 spiro atoms. The maximum atomic E-state index is 11.3. The third-order valence-corrected chi connectivity index (χ3v) is 3.89. The predicted octanol–water partition coefficient (Wildman–Crippen LogP) is 1.12. The van der Waals surface area contributed by atoms with Gasteiger partial charge in [0, 0.05) is 11.8 Å². The molecule has 3 nitrogen and oxygen atoms in total. The second kappa shape index (κ2) is 3.32. The summed E-state index contributed by atoms with van der Waals surface area (Å²) in [5.41, 5.74) is 6.93. The molecule has 2 rings (SSSR count). The van der Waals surface area contributed by atoms with E-state index in [4.69, 9.17) is 5.73 Å². The molecule has 1 fully saturated rings. The molecule has 1 aromatic carbocycles. The molecular formula is C11H15NO2S. The summed E-state index contributed by atoms with van der Waals surface area (Å²) in [6.07, 6.45) is 4.07. The van der Waals surface area contributed by atoms with Crippen LogP contribution in [0.15, 0.2) is 29.2 Å². The molecule has 0 heterocycles. The molecule has 1 aliphatic carbocycles. The van der Waals surface area contributed by atoms with Gasteiger partial charge < -0.3 is 5.73 Å². The molecule has 1 aliphatic rings. The van der Waals surface area contributed by atoms with Gasteiger partial charge >= 0.3 is 0 Å². The molecule has 1 aromatic rings. The molecule has 0 unspecified atom stereocenters. The van der Waals surface area contributed by atoms with E-state index >= 15 is 0 Å². The van der Waals surface area contributed by atoms with Crippen molar-refractivity contribution in [1.82, 2.24) is 0 Å². The Morgan fingerprint density at radius 2 is 2.07 bits per heavy atom. The van der Waals surface area contributed by atoms with E-state index in [0.717, 1.165) is 24.8 Å². The highest BCUT2D eigenvalue weighted by Gasteiger charge is 2.37. The molecule has 15 heavy (non-hydrogen) atoms. The van der Waals surface area contributed by atoms with Gasteiger partial charge in [-0.1, -0.05) is 12.1 Å². The fraction of sp³-hybridized carbons (Fsp3) is 0.455. The summed E-state index contributed by atoms with van der Waals surface area (Å²) in [6, 6.07) is 7.05. The molecule has 0 aromatic heterocycles. The zero-order chi connectivity index (χ0) is 11.1. The monoisotopic (exact) mass is 225 g/mol. The van der Waals surface area contributed by atoms with Gasteiger partial charge in [0.2, 0.25) is 0 Å². The number of hydrogen-bond donors (Lipinski definition) is 1. The van der Waals surface area contributed by atoms with E-state index in [9.17, 15) is 8.42 Å². The summed E-state index contributed by atoms with van der Waals surface area (Å²) < 4.78 is 22.7. The van der Waals surface area contributed by atoms with Gasteiger partial charge in [0.05, 0.1) is 4.90 Å². The van der Waals surface area contributed by atoms with Crippen molar-refractivity contribution in [1.29, 1.82) is 0 Å². The summed E-state index contributed by atoms with van der Waals surface area (Å²) >= 11 is 0. The first kappa shape index (κ1) is 10.6. The van der Waals surface area contributed by atoms with E-state index in [1.807, 2.05) is 6.07 Å². The van der Waals surface area contributed by atoms with E-state index in [1.54, 1.807) is 18.2 Å². The van der Waals surface area contributed by atoms with Crippen LogP contribution in [0.5, 0.6) is 0 Å². The second-order valence-electron chi connectivity index (χ2n) is 4.46. The molecule has 0 atom stereocenters. The van der Waals surface area contributed by atoms with Crippen LogP contribution in [0.3, 0.4) is 0 Å². The van der Waals surface area contributed by atoms with E-state index < -0.39 is 9.84 Å². The van der Waals surface area contributed by atoms with Crippen LogP contribution in [-0.2, 0) is 16.3 Å². The van der Waals surface area contributed by atoms with E-state index in [1.165, 1.54) is 6.26 Å². The quantitative estimate of drug-likeness (QED) is 0.838. The summed E-state index contributed by atoms with van der Waals surface area (Å²) in [6.45, 7) is 0. The van der Waals surface area contributed by atoms with Gasteiger partial charge in [-0.25, -0.2) is 8.42 Å². The standard InChI is InChI=1S/C11H15NO2S/c1-15(13,14)10-4-2-3-9(7-10)8-11(12)5-6-11/h2-4,7H,5-6,8,12H2,1H3. The second-order valence-corrected chi connectivity index (χ2v) is 6.47. The third kappa shape index (κ3) is 2.58. The molecule has 0 aliphatic heterocycles. The molecule has 0 amide bonds. The van der Waals surface area contributed by atoms with Crippen molar-refractivity contribution in [2.45, 2.75) is 29.7 Å². The van der Waals surface area contributed by atoms with Crippen LogP contribution in [0.1, 0.15) is 18.4 Å². The lowest BCUT2D eigenvalue weighted by molar-refractivity contribution is 0.601. The van der Waals surface area contributed by atoms with Crippen LogP contribution in [0, 0.1) is 0 Å². The molecule has 1 saturated carbocycles. The van der Waals surface area contributed by atoms with Crippen LogP contribution in [0.25, 0.3) is 0 Å². The van der Waals surface area contributed by atoms with Gasteiger partial charge in [0.25, 0.3) is 0 Å². The Hall–Kier alpha value is -0.870. The molecule has 0 bridgehead atoms. The van der Waals surface area contributed by atoms with E-state index in [0.29, 0.717) is 4.90 Å². The Kier molecular flexibility index (Phi) is 2.35. The lowest BCUT2D eigenvalue weighted by Crippen LogP contribution is -2.24. The summed E-state index contributed by atoms with van der Waals surface area (Å²) in [7, 11) is -3.10. The highest BCUT2D eigenvalue weighted by Crippen LogP contribution is 2.35. The van der Waals surface area contributed by atoms with Crippen molar-refractivity contribution in [3.63, 3.8) is 0 Å². The Morgan fingerprint density at radius 1 is 1.40 bits per heavy atom. The molecule has 4 heteroatoms. The number of rotatable bonds is 3. The minimum atomic E-state index is -3.10. The van der Waals surface area contributed by atoms with Crippen LogP contribution in [0.4, 0.5) is 0 Å². The van der Waals surface area contributed by atoms with Gasteiger partial charge in [0.15, 0.2) is 9.84 Å². The molecule has 0 radical (unpaired) electrons. The lowest BCUT2D eigenvalue weighted by Gasteiger charge is -2.09. The first-order valence-electron chi connectivity index (χ1n) is 4.97. The van der Waals surface area contributed by atoms with Gasteiger partial charge in [-0.15, -0.1) is 0 Å². The summed E-state index contributed by atoms with van der Waals surface area (Å²) in [5.74, 6) is 0. The first-order valence-corrected chi connectivity index (χ1v) is 6.86. The van der Waals surface area contributed by atoms with Crippen LogP contribution in [-0.4, -0.2) is 20.2 Å². The van der Waals surface area contributed by atoms with Gasteiger partial charge in [-0.2, -0.15) is 0 Å². The number of sulfone groups is 1. The van der Waals surface area contributed by atoms with E-state index in [2.05, 4.69) is 0 Å². The van der Waals surface area contributed by atoms with Crippen molar-refractivity contribution in [3.05, 3.63) is 29.8 Å². The minimum absolute atomic E-state index is 0.0733. The lowest BCUT2D eigenvalue weighted by atomic mass is 10.1. The number of benzene rings is 1. The minimum Gasteiger partial charge on any atom is -0.325 e. The smallest absolute Gasteiger partial charge is 0.175 e. The Morgan fingerprint density at radius 3 is 2.60 bits per heavy atom. The Balaban J connectivity index is 2.27. The average Bonchev–Trinajstić information content (AvgIpc) is 2.82. The fourth-order valence-electron chi connectivity index (χ4n) is 1.63. The molecular weight excluding hydrogens is 210 g/mol. The van der Waals surface area contributed by atoms with Crippen LogP contribution in [0.2, 0.25) is 0 Å². The van der Waals surface area contributed by atoms with Gasteiger partial charge in [-0.3, -0.25) is 0 Å². The van der Waals surface area contributed by atoms with Crippen molar-refractivity contribution in [2.24, 2.45) is 5.73 Å². The first-order chi connectivity index (χ1) is 6.89. The topological polar surface area (TPSA) is 60.2 Å². The highest BCUT2D eigenvalue weighted by atomic mass is 32.2.